The van der Waals surface area contributed by atoms with Gasteiger partial charge in [0.2, 0.25) is 0 Å². The topological polar surface area (TPSA) is 126 Å². The summed E-state index contributed by atoms with van der Waals surface area (Å²) in [6.07, 6.45) is -0.398. The van der Waals surface area contributed by atoms with Crippen LogP contribution in [-0.2, 0) is 19.2 Å². The van der Waals surface area contributed by atoms with Crippen molar-refractivity contribution in [3.63, 3.8) is 0 Å². The van der Waals surface area contributed by atoms with Gasteiger partial charge in [-0.15, -0.1) is 0 Å². The molecule has 1 aromatic rings. The van der Waals surface area contributed by atoms with Crippen LogP contribution in [-0.4, -0.2) is 73.6 Å². The van der Waals surface area contributed by atoms with Crippen LogP contribution in [0, 0.1) is 11.2 Å². The lowest BCUT2D eigenvalue weighted by molar-refractivity contribution is -0.191. The molecule has 2 aliphatic heterocycles. The molecule has 4 rings (SSSR count). The number of cyclic esters (lactones) is 1. The molecule has 162 valence electrons. The fourth-order valence-corrected chi connectivity index (χ4v) is 3.71. The first kappa shape index (κ1) is 20.4. The molecule has 1 atom stereocenters. The molecular weight excluding hydrogens is 399 g/mol. The lowest BCUT2D eigenvalue weighted by atomic mass is 10.1. The second-order valence-corrected chi connectivity index (χ2v) is 7.60. The molecule has 0 bridgehead atoms. The van der Waals surface area contributed by atoms with Crippen LogP contribution in [0.5, 0.6) is 0 Å². The van der Waals surface area contributed by atoms with Crippen molar-refractivity contribution in [1.82, 2.24) is 5.06 Å². The molecule has 3 aliphatic rings. The van der Waals surface area contributed by atoms with E-state index in [2.05, 4.69) is 0 Å². The molecule has 3 N–H and O–H groups in total. The van der Waals surface area contributed by atoms with Crippen molar-refractivity contribution in [3.05, 3.63) is 24.0 Å². The highest BCUT2D eigenvalue weighted by Gasteiger charge is 2.59. The number of rotatable bonds is 5. The summed E-state index contributed by atoms with van der Waals surface area (Å²) in [6.45, 7) is 1.27. The third-order valence-electron chi connectivity index (χ3n) is 5.70. The SMILES string of the molecule is NC[C@H]1CN(c2ccc(N3CCON(C(=O)C4(C(=O)O)CC4)CC3)c(F)c2)C(=O)O1. The maximum Gasteiger partial charge on any atom is 0.414 e. The number of hydroxylamine groups is 2. The quantitative estimate of drug-likeness (QED) is 0.659. The van der Waals surface area contributed by atoms with Crippen LogP contribution in [0.15, 0.2) is 18.2 Å². The number of carboxylic acid groups (broad SMARTS) is 1. The molecule has 2 heterocycles. The zero-order valence-electron chi connectivity index (χ0n) is 16.3. The van der Waals surface area contributed by atoms with Gasteiger partial charge in [-0.05, 0) is 31.0 Å². The second-order valence-electron chi connectivity index (χ2n) is 7.60. The number of nitrogens with zero attached hydrogens (tertiary/aromatic N) is 3. The molecular formula is C19H23FN4O6. The van der Waals surface area contributed by atoms with Gasteiger partial charge in [-0.3, -0.25) is 19.3 Å². The average Bonchev–Trinajstić information content (AvgIpc) is 3.49. The van der Waals surface area contributed by atoms with Crippen LogP contribution in [0.1, 0.15) is 12.8 Å². The van der Waals surface area contributed by atoms with Gasteiger partial charge in [0.25, 0.3) is 5.91 Å². The third kappa shape index (κ3) is 3.54. The van der Waals surface area contributed by atoms with Gasteiger partial charge >= 0.3 is 12.1 Å². The number of carboxylic acids is 1. The van der Waals surface area contributed by atoms with Gasteiger partial charge in [0.1, 0.15) is 17.3 Å². The molecule has 0 spiro atoms. The number of carbonyl (C=O) groups is 3. The van der Waals surface area contributed by atoms with Gasteiger partial charge in [-0.25, -0.2) is 14.2 Å². The lowest BCUT2D eigenvalue weighted by Crippen LogP contribution is -2.42. The third-order valence-corrected chi connectivity index (χ3v) is 5.70. The van der Waals surface area contributed by atoms with E-state index < -0.39 is 35.3 Å². The van der Waals surface area contributed by atoms with Gasteiger partial charge < -0.3 is 20.5 Å². The maximum absolute atomic E-state index is 14.8. The van der Waals surface area contributed by atoms with Gasteiger partial charge in [0.05, 0.1) is 31.1 Å². The molecule has 30 heavy (non-hydrogen) atoms. The minimum Gasteiger partial charge on any atom is -0.480 e. The summed E-state index contributed by atoms with van der Waals surface area (Å²) in [7, 11) is 0. The highest BCUT2D eigenvalue weighted by molar-refractivity contribution is 6.04. The van der Waals surface area contributed by atoms with E-state index in [1.54, 1.807) is 17.0 Å². The largest absolute Gasteiger partial charge is 0.480 e. The summed E-state index contributed by atoms with van der Waals surface area (Å²) in [5.74, 6) is -2.23. The number of benzene rings is 1. The van der Waals surface area contributed by atoms with Crippen molar-refractivity contribution >= 4 is 29.3 Å². The van der Waals surface area contributed by atoms with Crippen LogP contribution in [0.25, 0.3) is 0 Å². The van der Waals surface area contributed by atoms with E-state index in [1.807, 2.05) is 0 Å². The monoisotopic (exact) mass is 422 g/mol. The fourth-order valence-electron chi connectivity index (χ4n) is 3.71. The minimum absolute atomic E-state index is 0.110. The molecule has 0 aromatic heterocycles. The Kier molecular flexibility index (Phi) is 5.24. The molecule has 2 saturated heterocycles. The van der Waals surface area contributed by atoms with Crippen molar-refractivity contribution in [1.29, 1.82) is 0 Å². The first-order valence-corrected chi connectivity index (χ1v) is 9.77. The molecule has 3 fully saturated rings. The molecule has 11 heteroatoms. The van der Waals surface area contributed by atoms with E-state index in [-0.39, 0.29) is 32.8 Å². The fraction of sp³-hybridized carbons (Fsp3) is 0.526. The Morgan fingerprint density at radius 1 is 1.27 bits per heavy atom. The lowest BCUT2D eigenvalue weighted by Gasteiger charge is -2.24. The van der Waals surface area contributed by atoms with E-state index >= 15 is 0 Å². The second kappa shape index (κ2) is 7.73. The number of nitrogens with two attached hydrogens (primary N) is 1. The van der Waals surface area contributed by atoms with E-state index in [9.17, 15) is 23.9 Å². The van der Waals surface area contributed by atoms with E-state index in [1.165, 1.54) is 11.0 Å². The molecule has 2 amide bonds. The predicted molar refractivity (Wildman–Crippen MR) is 102 cm³/mol. The summed E-state index contributed by atoms with van der Waals surface area (Å²) in [5.41, 5.74) is 4.82. The maximum atomic E-state index is 14.8. The Hall–Kier alpha value is -2.92. The number of ether oxygens (including phenoxy) is 1. The van der Waals surface area contributed by atoms with Crippen LogP contribution in [0.2, 0.25) is 0 Å². The van der Waals surface area contributed by atoms with Crippen LogP contribution in [0.3, 0.4) is 0 Å². The summed E-state index contributed by atoms with van der Waals surface area (Å²) in [5, 5.41) is 10.4. The average molecular weight is 422 g/mol. The van der Waals surface area contributed by atoms with Crippen LogP contribution in [0.4, 0.5) is 20.6 Å². The normalized spacial score (nSPS) is 23.2. The Bertz CT molecular complexity index is 877. The van der Waals surface area contributed by atoms with Gasteiger partial charge in [0, 0.05) is 19.6 Å². The number of amides is 2. The highest BCUT2D eigenvalue weighted by atomic mass is 19.1. The summed E-state index contributed by atoms with van der Waals surface area (Å²) in [6, 6.07) is 4.44. The Morgan fingerprint density at radius 3 is 2.63 bits per heavy atom. The zero-order chi connectivity index (χ0) is 21.5. The number of hydrogen-bond donors (Lipinski definition) is 2. The van der Waals surface area contributed by atoms with Gasteiger partial charge in [0.15, 0.2) is 0 Å². The van der Waals surface area contributed by atoms with Gasteiger partial charge in [-0.1, -0.05) is 0 Å². The first-order valence-electron chi connectivity index (χ1n) is 9.77. The van der Waals surface area contributed by atoms with Crippen molar-refractivity contribution in [2.45, 2.75) is 18.9 Å². The van der Waals surface area contributed by atoms with Crippen molar-refractivity contribution in [2.75, 3.05) is 49.1 Å². The highest BCUT2D eigenvalue weighted by Crippen LogP contribution is 2.47. The van der Waals surface area contributed by atoms with Crippen molar-refractivity contribution in [3.8, 4) is 0 Å². The number of halogens is 1. The Morgan fingerprint density at radius 2 is 2.03 bits per heavy atom. The number of carbonyl (C=O) groups excluding carboxylic acids is 2. The molecule has 0 unspecified atom stereocenters. The first-order chi connectivity index (χ1) is 14.4. The number of hydrogen-bond acceptors (Lipinski definition) is 7. The number of aliphatic carboxylic acids is 1. The Labute approximate surface area is 171 Å². The van der Waals surface area contributed by atoms with E-state index in [4.69, 9.17) is 15.3 Å². The zero-order valence-corrected chi connectivity index (χ0v) is 16.3. The molecule has 1 aromatic carbocycles. The summed E-state index contributed by atoms with van der Waals surface area (Å²) < 4.78 is 19.9. The number of anilines is 2. The minimum atomic E-state index is -1.38. The van der Waals surface area contributed by atoms with Gasteiger partial charge in [-0.2, -0.15) is 0 Å². The van der Waals surface area contributed by atoms with E-state index in [0.29, 0.717) is 30.8 Å². The summed E-state index contributed by atoms with van der Waals surface area (Å²) in [4.78, 5) is 44.4. The molecule has 10 nitrogen and oxygen atoms in total. The smallest absolute Gasteiger partial charge is 0.414 e. The van der Waals surface area contributed by atoms with Crippen LogP contribution >= 0.6 is 0 Å². The predicted octanol–water partition coefficient (Wildman–Crippen LogP) is 0.555. The molecule has 1 saturated carbocycles. The van der Waals surface area contributed by atoms with Crippen LogP contribution < -0.4 is 15.5 Å². The van der Waals surface area contributed by atoms with Crippen molar-refractivity contribution in [2.24, 2.45) is 11.1 Å². The van der Waals surface area contributed by atoms with Crippen molar-refractivity contribution < 1.29 is 33.5 Å². The standard InChI is InChI=1S/C19H23FN4O6/c20-14-9-12(23-11-13(10-21)30-18(23)28)1-2-15(14)22-5-6-24(29-8-7-22)16(25)19(3-4-19)17(26)27/h1-2,9,13H,3-8,10-11,21H2,(H,26,27)/t13-/m0/s1. The summed E-state index contributed by atoms with van der Waals surface area (Å²) >= 11 is 0. The van der Waals surface area contributed by atoms with E-state index in [0.717, 1.165) is 5.06 Å². The molecule has 1 aliphatic carbocycles. The molecule has 0 radical (unpaired) electrons. The Balaban J connectivity index is 1.44.